The number of hydrogen-bond acceptors (Lipinski definition) is 5. The summed E-state index contributed by atoms with van der Waals surface area (Å²) in [6.07, 6.45) is 7.53. The van der Waals surface area contributed by atoms with Crippen molar-refractivity contribution in [2.45, 2.75) is 44.6 Å². The maximum atomic E-state index is 12.9. The molecule has 1 aromatic carbocycles. The Hall–Kier alpha value is -2.74. The van der Waals surface area contributed by atoms with E-state index in [9.17, 15) is 4.79 Å². The average molecular weight is 408 g/mol. The molecule has 2 fully saturated rings. The summed E-state index contributed by atoms with van der Waals surface area (Å²) in [6, 6.07) is 8.11. The molecule has 0 unspecified atom stereocenters. The molecule has 8 nitrogen and oxygen atoms in total. The average Bonchev–Trinajstić information content (AvgIpc) is 3.45. The number of H-pyrrole nitrogens is 1. The van der Waals surface area contributed by atoms with Gasteiger partial charge in [-0.05, 0) is 50.9 Å². The van der Waals surface area contributed by atoms with Crippen molar-refractivity contribution in [3.63, 3.8) is 0 Å². The Labute approximate surface area is 176 Å². The minimum atomic E-state index is -0.0118. The summed E-state index contributed by atoms with van der Waals surface area (Å²) in [7, 11) is 0. The minimum absolute atomic E-state index is 0.0118. The van der Waals surface area contributed by atoms with Crippen LogP contribution in [0.4, 0.5) is 0 Å². The first kappa shape index (κ1) is 19.2. The van der Waals surface area contributed by atoms with Crippen molar-refractivity contribution in [2.75, 3.05) is 32.7 Å². The van der Waals surface area contributed by atoms with Crippen molar-refractivity contribution < 1.29 is 4.79 Å². The summed E-state index contributed by atoms with van der Waals surface area (Å²) in [6.45, 7) is 5.54. The van der Waals surface area contributed by atoms with Gasteiger partial charge in [0.05, 0.1) is 23.8 Å². The SMILES string of the molecule is O=C(c1cn(CCN2CCCCC2)nn1)N1CCC(c2nc3ccccc3[nH]2)CC1. The van der Waals surface area contributed by atoms with Crippen LogP contribution in [-0.4, -0.2) is 73.4 Å². The molecule has 158 valence electrons. The first-order chi connectivity index (χ1) is 14.8. The number of para-hydroxylation sites is 2. The van der Waals surface area contributed by atoms with Crippen molar-refractivity contribution in [3.8, 4) is 0 Å². The number of carbonyl (C=O) groups is 1. The smallest absolute Gasteiger partial charge is 0.276 e. The summed E-state index contributed by atoms with van der Waals surface area (Å²) < 4.78 is 1.81. The van der Waals surface area contributed by atoms with E-state index in [2.05, 4.69) is 26.3 Å². The maximum Gasteiger partial charge on any atom is 0.276 e. The third-order valence-electron chi connectivity index (χ3n) is 6.43. The number of nitrogens with zero attached hydrogens (tertiary/aromatic N) is 6. The number of likely N-dealkylation sites (tertiary alicyclic amines) is 2. The van der Waals surface area contributed by atoms with Crippen molar-refractivity contribution in [1.82, 2.24) is 34.8 Å². The second-order valence-electron chi connectivity index (χ2n) is 8.47. The van der Waals surface area contributed by atoms with E-state index in [0.29, 0.717) is 11.6 Å². The molecule has 2 aromatic heterocycles. The van der Waals surface area contributed by atoms with Gasteiger partial charge < -0.3 is 14.8 Å². The Kier molecular flexibility index (Phi) is 5.48. The van der Waals surface area contributed by atoms with E-state index >= 15 is 0 Å². The highest BCUT2D eigenvalue weighted by molar-refractivity contribution is 5.92. The molecule has 1 N–H and O–H groups in total. The molecule has 0 bridgehead atoms. The molecule has 1 amide bonds. The van der Waals surface area contributed by atoms with Gasteiger partial charge in [-0.2, -0.15) is 0 Å². The van der Waals surface area contributed by atoms with Crippen molar-refractivity contribution in [1.29, 1.82) is 0 Å². The van der Waals surface area contributed by atoms with Crippen LogP contribution < -0.4 is 0 Å². The molecular formula is C22H29N7O. The van der Waals surface area contributed by atoms with Crippen molar-refractivity contribution >= 4 is 16.9 Å². The van der Waals surface area contributed by atoms with Crippen LogP contribution in [-0.2, 0) is 6.54 Å². The number of aromatic amines is 1. The van der Waals surface area contributed by atoms with E-state index in [-0.39, 0.29) is 5.91 Å². The van der Waals surface area contributed by atoms with E-state index < -0.39 is 0 Å². The van der Waals surface area contributed by atoms with E-state index in [1.54, 1.807) is 6.20 Å². The second-order valence-corrected chi connectivity index (χ2v) is 8.47. The van der Waals surface area contributed by atoms with E-state index in [0.717, 1.165) is 55.9 Å². The molecule has 0 atom stereocenters. The molecule has 4 heterocycles. The Morgan fingerprint density at radius 1 is 1.03 bits per heavy atom. The monoisotopic (exact) mass is 407 g/mol. The lowest BCUT2D eigenvalue weighted by molar-refractivity contribution is 0.0705. The lowest BCUT2D eigenvalue weighted by Gasteiger charge is -2.30. The molecule has 3 aromatic rings. The van der Waals surface area contributed by atoms with Crippen LogP contribution in [0.1, 0.15) is 54.3 Å². The van der Waals surface area contributed by atoms with Gasteiger partial charge in [0.1, 0.15) is 5.82 Å². The number of aromatic nitrogens is 5. The van der Waals surface area contributed by atoms with Crippen LogP contribution in [0.2, 0.25) is 0 Å². The molecule has 0 radical (unpaired) electrons. The molecule has 2 saturated heterocycles. The van der Waals surface area contributed by atoms with Gasteiger partial charge in [-0.15, -0.1) is 5.10 Å². The highest BCUT2D eigenvalue weighted by atomic mass is 16.2. The normalized spacial score (nSPS) is 18.9. The third kappa shape index (κ3) is 4.09. The molecule has 5 rings (SSSR count). The molecule has 0 spiro atoms. The van der Waals surface area contributed by atoms with Gasteiger partial charge in [-0.25, -0.2) is 4.98 Å². The van der Waals surface area contributed by atoms with E-state index in [4.69, 9.17) is 4.98 Å². The first-order valence-electron chi connectivity index (χ1n) is 11.1. The van der Waals surface area contributed by atoms with Gasteiger partial charge in [-0.3, -0.25) is 9.48 Å². The Balaban J connectivity index is 1.15. The highest BCUT2D eigenvalue weighted by Crippen LogP contribution is 2.28. The van der Waals surface area contributed by atoms with Crippen LogP contribution in [0.25, 0.3) is 11.0 Å². The van der Waals surface area contributed by atoms with Crippen LogP contribution in [0.15, 0.2) is 30.5 Å². The summed E-state index contributed by atoms with van der Waals surface area (Å²) in [4.78, 5) is 25.4. The van der Waals surface area contributed by atoms with Crippen molar-refractivity contribution in [2.24, 2.45) is 0 Å². The van der Waals surface area contributed by atoms with Crippen molar-refractivity contribution in [3.05, 3.63) is 42.0 Å². The number of piperidine rings is 2. The van der Waals surface area contributed by atoms with Crippen LogP contribution in [0.3, 0.4) is 0 Å². The quantitative estimate of drug-likeness (QED) is 0.703. The predicted octanol–water partition coefficient (Wildman–Crippen LogP) is 2.66. The number of fused-ring (bicyclic) bond motifs is 1. The number of benzene rings is 1. The number of carbonyl (C=O) groups excluding carboxylic acids is 1. The number of rotatable bonds is 5. The zero-order valence-electron chi connectivity index (χ0n) is 17.3. The maximum absolute atomic E-state index is 12.9. The molecule has 2 aliphatic heterocycles. The number of nitrogens with one attached hydrogen (secondary N) is 1. The molecule has 8 heteroatoms. The molecule has 30 heavy (non-hydrogen) atoms. The first-order valence-corrected chi connectivity index (χ1v) is 11.1. The van der Waals surface area contributed by atoms with Crippen LogP contribution >= 0.6 is 0 Å². The topological polar surface area (TPSA) is 82.9 Å². The molecule has 0 aliphatic carbocycles. The zero-order valence-corrected chi connectivity index (χ0v) is 17.3. The van der Waals surface area contributed by atoms with Gasteiger partial charge in [0.2, 0.25) is 0 Å². The number of amides is 1. The standard InChI is InChI=1S/C22H29N7O/c30-22(20-16-29(26-25-20)15-14-27-10-4-1-5-11-27)28-12-8-17(9-13-28)21-23-18-6-2-3-7-19(18)24-21/h2-3,6-7,16-17H,1,4-5,8-15H2,(H,23,24). The summed E-state index contributed by atoms with van der Waals surface area (Å²) >= 11 is 0. The Bertz CT molecular complexity index is 963. The lowest BCUT2D eigenvalue weighted by Crippen LogP contribution is -2.38. The zero-order chi connectivity index (χ0) is 20.3. The number of hydrogen-bond donors (Lipinski definition) is 1. The highest BCUT2D eigenvalue weighted by Gasteiger charge is 2.27. The third-order valence-corrected chi connectivity index (χ3v) is 6.43. The van der Waals surface area contributed by atoms with E-state index in [1.165, 1.54) is 32.4 Å². The number of imidazole rings is 1. The fourth-order valence-corrected chi connectivity index (χ4v) is 4.62. The lowest BCUT2D eigenvalue weighted by atomic mass is 9.96. The second kappa shape index (κ2) is 8.55. The molecule has 2 aliphatic rings. The summed E-state index contributed by atoms with van der Waals surface area (Å²) in [5.41, 5.74) is 2.54. The van der Waals surface area contributed by atoms with E-state index in [1.807, 2.05) is 27.8 Å². The van der Waals surface area contributed by atoms with Gasteiger partial charge in [-0.1, -0.05) is 23.8 Å². The molecule has 0 saturated carbocycles. The Morgan fingerprint density at radius 3 is 2.63 bits per heavy atom. The fraction of sp³-hybridized carbons (Fsp3) is 0.545. The summed E-state index contributed by atoms with van der Waals surface area (Å²) in [5.74, 6) is 1.39. The van der Waals surface area contributed by atoms with Crippen LogP contribution in [0, 0.1) is 0 Å². The fourth-order valence-electron chi connectivity index (χ4n) is 4.62. The Morgan fingerprint density at radius 2 is 1.83 bits per heavy atom. The van der Waals surface area contributed by atoms with Gasteiger partial charge in [0.25, 0.3) is 5.91 Å². The van der Waals surface area contributed by atoms with Gasteiger partial charge in [0, 0.05) is 25.6 Å². The largest absolute Gasteiger partial charge is 0.342 e. The summed E-state index contributed by atoms with van der Waals surface area (Å²) in [5, 5.41) is 8.33. The predicted molar refractivity (Wildman–Crippen MR) is 114 cm³/mol. The van der Waals surface area contributed by atoms with Crippen LogP contribution in [0.5, 0.6) is 0 Å². The van der Waals surface area contributed by atoms with Gasteiger partial charge in [0.15, 0.2) is 5.69 Å². The molecular weight excluding hydrogens is 378 g/mol. The minimum Gasteiger partial charge on any atom is -0.342 e. The van der Waals surface area contributed by atoms with Gasteiger partial charge >= 0.3 is 0 Å².